The molecule has 0 aliphatic carbocycles. The van der Waals surface area contributed by atoms with E-state index < -0.39 is 0 Å². The van der Waals surface area contributed by atoms with Gasteiger partial charge < -0.3 is 14.6 Å². The lowest BCUT2D eigenvalue weighted by molar-refractivity contribution is 0.329. The van der Waals surface area contributed by atoms with Gasteiger partial charge in [0.05, 0.1) is 17.8 Å². The molecule has 0 aliphatic heterocycles. The van der Waals surface area contributed by atoms with Crippen molar-refractivity contribution in [3.8, 4) is 17.2 Å². The smallest absolute Gasteiger partial charge is 0.204 e. The molecule has 0 aromatic heterocycles. The minimum absolute atomic E-state index is 0.175. The Morgan fingerprint density at radius 2 is 2.00 bits per heavy atom. The first-order chi connectivity index (χ1) is 8.15. The van der Waals surface area contributed by atoms with Gasteiger partial charge in [-0.25, -0.2) is 0 Å². The molecule has 0 atom stereocenters. The van der Waals surface area contributed by atoms with Crippen molar-refractivity contribution in [2.75, 3.05) is 14.2 Å². The SMILES string of the molecule is C=CCCCc1cc(I)c(OC)c(OC)c1O. The van der Waals surface area contributed by atoms with Crippen molar-refractivity contribution >= 4 is 22.6 Å². The Morgan fingerprint density at radius 1 is 1.35 bits per heavy atom. The van der Waals surface area contributed by atoms with Gasteiger partial charge in [0.2, 0.25) is 5.75 Å². The van der Waals surface area contributed by atoms with Crippen molar-refractivity contribution in [1.29, 1.82) is 0 Å². The fraction of sp³-hybridized carbons (Fsp3) is 0.385. The Labute approximate surface area is 116 Å². The number of unbranched alkanes of at least 4 members (excludes halogenated alkanes) is 1. The third-order valence-corrected chi connectivity index (χ3v) is 3.31. The molecule has 0 radical (unpaired) electrons. The molecule has 0 saturated carbocycles. The number of halogens is 1. The van der Waals surface area contributed by atoms with Gasteiger partial charge >= 0.3 is 0 Å². The van der Waals surface area contributed by atoms with E-state index >= 15 is 0 Å². The van der Waals surface area contributed by atoms with Crippen LogP contribution in [-0.4, -0.2) is 19.3 Å². The van der Waals surface area contributed by atoms with Crippen molar-refractivity contribution in [1.82, 2.24) is 0 Å². The third-order valence-electron chi connectivity index (χ3n) is 2.51. The average Bonchev–Trinajstić information content (AvgIpc) is 2.32. The maximum Gasteiger partial charge on any atom is 0.204 e. The molecule has 1 rings (SSSR count). The van der Waals surface area contributed by atoms with Crippen LogP contribution in [0.15, 0.2) is 18.7 Å². The van der Waals surface area contributed by atoms with Crippen molar-refractivity contribution in [2.45, 2.75) is 19.3 Å². The molecular formula is C13H17IO3. The van der Waals surface area contributed by atoms with Crippen LogP contribution in [0.5, 0.6) is 17.2 Å². The average molecular weight is 348 g/mol. The maximum absolute atomic E-state index is 10.1. The molecule has 0 fully saturated rings. The van der Waals surface area contributed by atoms with E-state index in [4.69, 9.17) is 9.47 Å². The second-order valence-electron chi connectivity index (χ2n) is 3.61. The number of allylic oxidation sites excluding steroid dienone is 1. The summed E-state index contributed by atoms with van der Waals surface area (Å²) in [5.74, 6) is 1.17. The topological polar surface area (TPSA) is 38.7 Å². The van der Waals surface area contributed by atoms with E-state index in [0.29, 0.717) is 11.5 Å². The summed E-state index contributed by atoms with van der Waals surface area (Å²) in [5, 5.41) is 10.1. The van der Waals surface area contributed by atoms with Crippen LogP contribution in [0.4, 0.5) is 0 Å². The van der Waals surface area contributed by atoms with Crippen LogP contribution in [0.1, 0.15) is 18.4 Å². The lowest BCUT2D eigenvalue weighted by atomic mass is 10.1. The zero-order valence-corrected chi connectivity index (χ0v) is 12.3. The summed E-state index contributed by atoms with van der Waals surface area (Å²) in [7, 11) is 3.10. The van der Waals surface area contributed by atoms with Crippen LogP contribution in [0, 0.1) is 3.57 Å². The van der Waals surface area contributed by atoms with Crippen molar-refractivity contribution < 1.29 is 14.6 Å². The molecule has 1 aromatic rings. The molecule has 0 saturated heterocycles. The Balaban J connectivity index is 3.07. The van der Waals surface area contributed by atoms with E-state index in [1.807, 2.05) is 12.1 Å². The van der Waals surface area contributed by atoms with Gasteiger partial charge in [-0.05, 0) is 53.5 Å². The highest BCUT2D eigenvalue weighted by Gasteiger charge is 2.17. The predicted octanol–water partition coefficient (Wildman–Crippen LogP) is 3.52. The summed E-state index contributed by atoms with van der Waals surface area (Å²) in [6, 6.07) is 1.93. The first-order valence-electron chi connectivity index (χ1n) is 5.38. The highest BCUT2D eigenvalue weighted by molar-refractivity contribution is 14.1. The summed E-state index contributed by atoms with van der Waals surface area (Å²) >= 11 is 2.18. The zero-order chi connectivity index (χ0) is 12.8. The van der Waals surface area contributed by atoms with Gasteiger partial charge in [0, 0.05) is 0 Å². The van der Waals surface area contributed by atoms with E-state index in [9.17, 15) is 5.11 Å². The number of methoxy groups -OCH3 is 2. The summed E-state index contributed by atoms with van der Waals surface area (Å²) in [4.78, 5) is 0. The number of hydrogen-bond donors (Lipinski definition) is 1. The molecule has 0 amide bonds. The van der Waals surface area contributed by atoms with Crippen LogP contribution in [0.25, 0.3) is 0 Å². The Morgan fingerprint density at radius 3 is 2.53 bits per heavy atom. The minimum Gasteiger partial charge on any atom is -0.504 e. The lowest BCUT2D eigenvalue weighted by Crippen LogP contribution is -1.97. The summed E-state index contributed by atoms with van der Waals surface area (Å²) in [6.45, 7) is 3.68. The molecule has 1 aromatic carbocycles. The van der Waals surface area contributed by atoms with Crippen molar-refractivity contribution in [2.24, 2.45) is 0 Å². The first-order valence-corrected chi connectivity index (χ1v) is 6.46. The molecule has 0 unspecified atom stereocenters. The molecule has 3 nitrogen and oxygen atoms in total. The maximum atomic E-state index is 10.1. The van der Waals surface area contributed by atoms with E-state index in [1.54, 1.807) is 7.11 Å². The minimum atomic E-state index is 0.175. The highest BCUT2D eigenvalue weighted by Crippen LogP contribution is 2.42. The molecule has 0 heterocycles. The summed E-state index contributed by atoms with van der Waals surface area (Å²) in [6.07, 6.45) is 4.57. The standard InChI is InChI=1S/C13H17IO3/c1-4-5-6-7-9-8-10(14)12(16-2)13(17-3)11(9)15/h4,8,15H,1,5-7H2,2-3H3. The number of hydrogen-bond acceptors (Lipinski definition) is 3. The first kappa shape index (κ1) is 14.2. The van der Waals surface area contributed by atoms with Crippen molar-refractivity contribution in [3.05, 3.63) is 27.9 Å². The van der Waals surface area contributed by atoms with E-state index in [-0.39, 0.29) is 5.75 Å². The molecule has 4 heteroatoms. The fourth-order valence-corrected chi connectivity index (χ4v) is 2.50. The van der Waals surface area contributed by atoms with Crippen LogP contribution in [-0.2, 0) is 6.42 Å². The van der Waals surface area contributed by atoms with E-state index in [0.717, 1.165) is 28.4 Å². The third kappa shape index (κ3) is 3.28. The quantitative estimate of drug-likeness (QED) is 0.486. The number of aromatic hydroxyl groups is 1. The van der Waals surface area contributed by atoms with Gasteiger partial charge in [-0.15, -0.1) is 6.58 Å². The molecular weight excluding hydrogens is 331 g/mol. The fourth-order valence-electron chi connectivity index (χ4n) is 1.66. The number of benzene rings is 1. The number of phenols is 1. The van der Waals surface area contributed by atoms with Crippen LogP contribution in [0.2, 0.25) is 0 Å². The normalized spacial score (nSPS) is 10.1. The predicted molar refractivity (Wildman–Crippen MR) is 77.1 cm³/mol. The van der Waals surface area contributed by atoms with Gasteiger partial charge in [0.15, 0.2) is 11.5 Å². The monoisotopic (exact) mass is 348 g/mol. The van der Waals surface area contributed by atoms with Crippen LogP contribution in [0.3, 0.4) is 0 Å². The largest absolute Gasteiger partial charge is 0.504 e. The van der Waals surface area contributed by atoms with Crippen LogP contribution >= 0.6 is 22.6 Å². The van der Waals surface area contributed by atoms with Crippen LogP contribution < -0.4 is 9.47 Å². The Bertz CT molecular complexity index is 402. The van der Waals surface area contributed by atoms with Crippen molar-refractivity contribution in [3.63, 3.8) is 0 Å². The molecule has 0 aliphatic rings. The number of aryl methyl sites for hydroxylation is 1. The number of ether oxygens (including phenoxy) is 2. The van der Waals surface area contributed by atoms with Gasteiger partial charge in [-0.2, -0.15) is 0 Å². The Hall–Kier alpha value is -0.910. The molecule has 94 valence electrons. The van der Waals surface area contributed by atoms with E-state index in [2.05, 4.69) is 29.2 Å². The Kier molecular flexibility index (Phi) is 5.61. The second-order valence-corrected chi connectivity index (χ2v) is 4.78. The number of phenolic OH excluding ortho intramolecular Hbond substituents is 1. The summed E-state index contributed by atoms with van der Waals surface area (Å²) < 4.78 is 11.4. The van der Waals surface area contributed by atoms with Gasteiger partial charge in [-0.3, -0.25) is 0 Å². The lowest BCUT2D eigenvalue weighted by Gasteiger charge is -2.14. The highest BCUT2D eigenvalue weighted by atomic mass is 127. The van der Waals surface area contributed by atoms with E-state index in [1.165, 1.54) is 7.11 Å². The summed E-state index contributed by atoms with van der Waals surface area (Å²) in [5.41, 5.74) is 0.883. The molecule has 0 spiro atoms. The van der Waals surface area contributed by atoms with Gasteiger partial charge in [-0.1, -0.05) is 6.08 Å². The van der Waals surface area contributed by atoms with Gasteiger partial charge in [0.1, 0.15) is 0 Å². The van der Waals surface area contributed by atoms with Gasteiger partial charge in [0.25, 0.3) is 0 Å². The molecule has 1 N–H and O–H groups in total. The second kappa shape index (κ2) is 6.74. The number of rotatable bonds is 6. The zero-order valence-electron chi connectivity index (χ0n) is 10.1. The molecule has 17 heavy (non-hydrogen) atoms. The molecule has 0 bridgehead atoms.